The lowest BCUT2D eigenvalue weighted by atomic mass is 10.3. The molecule has 146 valence electrons. The van der Waals surface area contributed by atoms with Gasteiger partial charge in [0.2, 0.25) is 11.7 Å². The Morgan fingerprint density at radius 2 is 1.79 bits per heavy atom. The van der Waals surface area contributed by atoms with Crippen LogP contribution in [-0.2, 0) is 17.9 Å². The van der Waals surface area contributed by atoms with Crippen LogP contribution in [0.2, 0.25) is 0 Å². The van der Waals surface area contributed by atoms with Crippen molar-refractivity contribution in [1.82, 2.24) is 20.2 Å². The molecule has 0 bridgehead atoms. The molecule has 8 nitrogen and oxygen atoms in total. The second kappa shape index (κ2) is 8.37. The molecule has 1 aromatic heterocycles. The zero-order valence-corrected chi connectivity index (χ0v) is 14.3. The molecule has 0 aliphatic heterocycles. The number of nitrogens with one attached hydrogen (secondary N) is 1. The van der Waals surface area contributed by atoms with Crippen molar-refractivity contribution in [3.63, 3.8) is 0 Å². The third kappa shape index (κ3) is 5.69. The third-order valence-corrected chi connectivity index (χ3v) is 3.28. The number of aromatic nitrogens is 4. The molecule has 1 amide bonds. The van der Waals surface area contributed by atoms with Crippen LogP contribution >= 0.6 is 0 Å². The minimum Gasteiger partial charge on any atom is -0.485 e. The van der Waals surface area contributed by atoms with Gasteiger partial charge < -0.3 is 14.8 Å². The Kier molecular flexibility index (Phi) is 5.72. The first kappa shape index (κ1) is 19.1. The lowest BCUT2D eigenvalue weighted by Gasteiger charge is -2.13. The van der Waals surface area contributed by atoms with E-state index < -0.39 is 18.0 Å². The van der Waals surface area contributed by atoms with Crippen LogP contribution in [0.4, 0.5) is 18.9 Å². The van der Waals surface area contributed by atoms with Crippen LogP contribution in [0.1, 0.15) is 5.82 Å². The Balaban J connectivity index is 1.57. The molecule has 11 heteroatoms. The fourth-order valence-electron chi connectivity index (χ4n) is 2.17. The fraction of sp³-hybridized carbons (Fsp3) is 0.176. The van der Waals surface area contributed by atoms with Crippen LogP contribution < -0.4 is 14.8 Å². The first-order valence-corrected chi connectivity index (χ1v) is 7.98. The Bertz CT molecular complexity index is 931. The van der Waals surface area contributed by atoms with Gasteiger partial charge in [0.25, 0.3) is 0 Å². The minimum absolute atomic E-state index is 0.0495. The number of ether oxygens (including phenoxy) is 2. The summed E-state index contributed by atoms with van der Waals surface area (Å²) in [6, 6.07) is 14.2. The van der Waals surface area contributed by atoms with E-state index in [1.54, 1.807) is 12.1 Å². The Morgan fingerprint density at radius 3 is 2.54 bits per heavy atom. The first-order chi connectivity index (χ1) is 13.4. The molecule has 0 saturated carbocycles. The molecule has 0 saturated heterocycles. The lowest BCUT2D eigenvalue weighted by Crippen LogP contribution is -2.22. The molecular formula is C17H14F3N5O3. The van der Waals surface area contributed by atoms with Crippen molar-refractivity contribution in [3.05, 3.63) is 60.4 Å². The molecular weight excluding hydrogens is 379 g/mol. The van der Waals surface area contributed by atoms with E-state index in [1.807, 2.05) is 18.2 Å². The van der Waals surface area contributed by atoms with Gasteiger partial charge in [0.05, 0.1) is 5.69 Å². The summed E-state index contributed by atoms with van der Waals surface area (Å²) >= 11 is 0. The number of halogens is 3. The molecule has 0 aliphatic carbocycles. The van der Waals surface area contributed by atoms with Crippen molar-refractivity contribution in [3.8, 4) is 11.5 Å². The number of alkyl halides is 3. The van der Waals surface area contributed by atoms with Crippen molar-refractivity contribution < 1.29 is 27.4 Å². The number of tetrazole rings is 1. The fourth-order valence-corrected chi connectivity index (χ4v) is 2.17. The number of hydrogen-bond acceptors (Lipinski definition) is 6. The number of carbonyl (C=O) groups is 1. The van der Waals surface area contributed by atoms with Gasteiger partial charge in [0, 0.05) is 0 Å². The maximum atomic E-state index is 12.4. The van der Waals surface area contributed by atoms with Gasteiger partial charge in [-0.3, -0.25) is 4.79 Å². The van der Waals surface area contributed by atoms with E-state index in [4.69, 9.17) is 4.74 Å². The minimum atomic E-state index is -4.87. The molecule has 0 fully saturated rings. The standard InChI is InChI=1S/C17H14F3N5O3/c18-17(19,20)28-14-9-5-4-8-13(14)21-16(26)10-25-23-15(22-24-25)11-27-12-6-2-1-3-7-12/h1-9H,10-11H2,(H,21,26). The van der Waals surface area contributed by atoms with E-state index in [1.165, 1.54) is 18.2 Å². The van der Waals surface area contributed by atoms with E-state index >= 15 is 0 Å². The van der Waals surface area contributed by atoms with Crippen LogP contribution in [0.3, 0.4) is 0 Å². The highest BCUT2D eigenvalue weighted by Crippen LogP contribution is 2.29. The number of nitrogens with zero attached hydrogens (tertiary/aromatic N) is 4. The Hall–Kier alpha value is -3.63. The topological polar surface area (TPSA) is 91.2 Å². The van der Waals surface area contributed by atoms with Crippen molar-refractivity contribution in [2.45, 2.75) is 19.5 Å². The molecule has 1 N–H and O–H groups in total. The SMILES string of the molecule is O=C(Cn1nnc(COc2ccccc2)n1)Nc1ccccc1OC(F)(F)F. The van der Waals surface area contributed by atoms with Gasteiger partial charge >= 0.3 is 6.36 Å². The maximum absolute atomic E-state index is 12.4. The molecule has 1 heterocycles. The van der Waals surface area contributed by atoms with Crippen LogP contribution in [0, 0.1) is 0 Å². The molecule has 28 heavy (non-hydrogen) atoms. The molecule has 3 aromatic rings. The average molecular weight is 393 g/mol. The van der Waals surface area contributed by atoms with Crippen LogP contribution in [0.15, 0.2) is 54.6 Å². The highest BCUT2D eigenvalue weighted by Gasteiger charge is 2.32. The van der Waals surface area contributed by atoms with Gasteiger partial charge in [0.1, 0.15) is 12.3 Å². The summed E-state index contributed by atoms with van der Waals surface area (Å²) in [5.41, 5.74) is -0.127. The van der Waals surface area contributed by atoms with Gasteiger partial charge in [-0.2, -0.15) is 4.80 Å². The zero-order chi connectivity index (χ0) is 20.0. The van der Waals surface area contributed by atoms with E-state index in [-0.39, 0.29) is 24.7 Å². The number of benzene rings is 2. The largest absolute Gasteiger partial charge is 0.573 e. The number of hydrogen-bond donors (Lipinski definition) is 1. The summed E-state index contributed by atoms with van der Waals surface area (Å²) in [5.74, 6) is -0.298. The highest BCUT2D eigenvalue weighted by atomic mass is 19.4. The summed E-state index contributed by atoms with van der Waals surface area (Å²) in [5, 5.41) is 13.8. The summed E-state index contributed by atoms with van der Waals surface area (Å²) in [6.07, 6.45) is -4.87. The first-order valence-electron chi connectivity index (χ1n) is 7.98. The summed E-state index contributed by atoms with van der Waals surface area (Å²) in [4.78, 5) is 13.1. The van der Waals surface area contributed by atoms with Crippen molar-refractivity contribution in [1.29, 1.82) is 0 Å². The molecule has 0 atom stereocenters. The van der Waals surface area contributed by atoms with Crippen molar-refractivity contribution in [2.75, 3.05) is 5.32 Å². The Morgan fingerprint density at radius 1 is 1.07 bits per heavy atom. The van der Waals surface area contributed by atoms with Gasteiger partial charge in [-0.25, -0.2) is 0 Å². The van der Waals surface area contributed by atoms with E-state index in [0.29, 0.717) is 5.75 Å². The highest BCUT2D eigenvalue weighted by molar-refractivity contribution is 5.91. The number of rotatable bonds is 7. The number of para-hydroxylation sites is 3. The lowest BCUT2D eigenvalue weighted by molar-refractivity contribution is -0.274. The van der Waals surface area contributed by atoms with Crippen molar-refractivity contribution in [2.24, 2.45) is 0 Å². The second-order valence-electron chi connectivity index (χ2n) is 5.43. The van der Waals surface area contributed by atoms with Crippen LogP contribution in [0.5, 0.6) is 11.5 Å². The third-order valence-electron chi connectivity index (χ3n) is 3.28. The van der Waals surface area contributed by atoms with Gasteiger partial charge in [-0.15, -0.1) is 23.4 Å². The summed E-state index contributed by atoms with van der Waals surface area (Å²) < 4.78 is 46.6. The van der Waals surface area contributed by atoms with Crippen molar-refractivity contribution >= 4 is 11.6 Å². The van der Waals surface area contributed by atoms with E-state index in [0.717, 1.165) is 10.9 Å². The van der Waals surface area contributed by atoms with E-state index in [9.17, 15) is 18.0 Å². The summed E-state index contributed by atoms with van der Waals surface area (Å²) in [7, 11) is 0. The smallest absolute Gasteiger partial charge is 0.485 e. The van der Waals surface area contributed by atoms with E-state index in [2.05, 4.69) is 25.5 Å². The second-order valence-corrected chi connectivity index (χ2v) is 5.43. The number of carbonyl (C=O) groups excluding carboxylic acids is 1. The average Bonchev–Trinajstić information content (AvgIpc) is 3.08. The van der Waals surface area contributed by atoms with Crippen LogP contribution in [0.25, 0.3) is 0 Å². The summed E-state index contributed by atoms with van der Waals surface area (Å²) in [6.45, 7) is -0.299. The van der Waals surface area contributed by atoms with Gasteiger partial charge in [0.15, 0.2) is 12.4 Å². The predicted octanol–water partition coefficient (Wildman–Crippen LogP) is 2.79. The van der Waals surface area contributed by atoms with Gasteiger partial charge in [-0.1, -0.05) is 30.3 Å². The molecule has 2 aromatic carbocycles. The zero-order valence-electron chi connectivity index (χ0n) is 14.3. The number of anilines is 1. The molecule has 0 spiro atoms. The quantitative estimate of drug-likeness (QED) is 0.664. The normalized spacial score (nSPS) is 11.1. The number of amides is 1. The molecule has 0 unspecified atom stereocenters. The molecule has 3 rings (SSSR count). The Labute approximate surface area is 156 Å². The molecule has 0 aliphatic rings. The molecule has 0 radical (unpaired) electrons. The predicted molar refractivity (Wildman–Crippen MR) is 90.3 cm³/mol. The monoisotopic (exact) mass is 393 g/mol. The van der Waals surface area contributed by atoms with Crippen LogP contribution in [-0.4, -0.2) is 32.5 Å². The maximum Gasteiger partial charge on any atom is 0.573 e. The van der Waals surface area contributed by atoms with Gasteiger partial charge in [-0.05, 0) is 29.5 Å².